The number of halogens is 1. The highest BCUT2D eigenvalue weighted by atomic mass is 32.1. The number of nitrogens with one attached hydrogen (secondary N) is 2. The van der Waals surface area contributed by atoms with Gasteiger partial charge in [-0.1, -0.05) is 17.4 Å². The number of rotatable bonds is 5. The molecule has 0 aliphatic heterocycles. The zero-order valence-corrected chi connectivity index (χ0v) is 15.0. The fourth-order valence-corrected chi connectivity index (χ4v) is 3.64. The highest BCUT2D eigenvalue weighted by Gasteiger charge is 2.22. The summed E-state index contributed by atoms with van der Waals surface area (Å²) in [5, 5.41) is 4.29. The Balaban J connectivity index is 2.10. The van der Waals surface area contributed by atoms with Crippen LogP contribution in [-0.2, 0) is 4.84 Å². The van der Waals surface area contributed by atoms with Gasteiger partial charge in [0.15, 0.2) is 0 Å². The highest BCUT2D eigenvalue weighted by molar-refractivity contribution is 7.23. The summed E-state index contributed by atoms with van der Waals surface area (Å²) in [5.41, 5.74) is 4.86. The van der Waals surface area contributed by atoms with Crippen LogP contribution in [0.25, 0.3) is 10.2 Å². The van der Waals surface area contributed by atoms with Crippen LogP contribution in [0.2, 0.25) is 0 Å². The molecule has 1 aromatic carbocycles. The molecular formula is C18H18FN3O2S. The van der Waals surface area contributed by atoms with E-state index in [0.717, 1.165) is 16.5 Å². The third-order valence-corrected chi connectivity index (χ3v) is 4.72. The molecule has 1 amide bonds. The van der Waals surface area contributed by atoms with Gasteiger partial charge in [0.1, 0.15) is 15.6 Å². The lowest BCUT2D eigenvalue weighted by Crippen LogP contribution is -2.24. The first-order valence-electron chi connectivity index (χ1n) is 7.84. The Morgan fingerprint density at radius 1 is 1.32 bits per heavy atom. The van der Waals surface area contributed by atoms with Crippen LogP contribution >= 0.6 is 11.3 Å². The molecule has 5 nitrogen and oxygen atoms in total. The summed E-state index contributed by atoms with van der Waals surface area (Å²) in [7, 11) is 0. The van der Waals surface area contributed by atoms with Crippen LogP contribution < -0.4 is 10.8 Å². The Bertz CT molecular complexity index is 939. The quantitative estimate of drug-likeness (QED) is 0.660. The van der Waals surface area contributed by atoms with E-state index in [1.807, 2.05) is 26.0 Å². The summed E-state index contributed by atoms with van der Waals surface area (Å²) < 4.78 is 14.2. The van der Waals surface area contributed by atoms with Crippen molar-refractivity contribution in [1.82, 2.24) is 10.5 Å². The number of thiophene rings is 1. The van der Waals surface area contributed by atoms with Crippen molar-refractivity contribution in [2.45, 2.75) is 20.8 Å². The van der Waals surface area contributed by atoms with Gasteiger partial charge in [-0.3, -0.25) is 9.63 Å². The van der Waals surface area contributed by atoms with Crippen LogP contribution in [0.3, 0.4) is 0 Å². The maximum atomic E-state index is 14.2. The molecular weight excluding hydrogens is 341 g/mol. The Morgan fingerprint density at radius 3 is 2.84 bits per heavy atom. The standard InChI is InChI=1S/C18H18FN3O2S/c1-4-24-22-16(23)15-14-11(3)7-8-20-17(14)25-18(15)21-13-6-5-10(2)9-12(13)19/h5-9,21H,4H2,1-3H3,(H,22,23). The molecule has 0 spiro atoms. The van der Waals surface area contributed by atoms with Crippen molar-refractivity contribution >= 4 is 38.1 Å². The van der Waals surface area contributed by atoms with Crippen LogP contribution in [0.4, 0.5) is 15.1 Å². The smallest absolute Gasteiger partial charge is 0.278 e. The first kappa shape index (κ1) is 17.3. The average Bonchev–Trinajstić information content (AvgIpc) is 2.95. The van der Waals surface area contributed by atoms with Gasteiger partial charge in [0.05, 0.1) is 17.9 Å². The fraction of sp³-hybridized carbons (Fsp3) is 0.222. The SMILES string of the molecule is CCONC(=O)c1c(Nc2ccc(C)cc2F)sc2nccc(C)c12. The number of carbonyl (C=O) groups excluding carboxylic acids is 1. The number of hydrogen-bond donors (Lipinski definition) is 2. The van der Waals surface area contributed by atoms with E-state index in [1.165, 1.54) is 17.4 Å². The number of carbonyl (C=O) groups is 1. The third-order valence-electron chi connectivity index (χ3n) is 3.71. The molecule has 0 unspecified atom stereocenters. The van der Waals surface area contributed by atoms with Gasteiger partial charge in [-0.25, -0.2) is 14.9 Å². The van der Waals surface area contributed by atoms with Crippen molar-refractivity contribution in [3.05, 3.63) is 53.0 Å². The predicted octanol–water partition coefficient (Wildman–Crippen LogP) is 4.48. The van der Waals surface area contributed by atoms with Crippen molar-refractivity contribution in [3.8, 4) is 0 Å². The molecule has 2 heterocycles. The Labute approximate surface area is 148 Å². The molecule has 0 aliphatic carbocycles. The van der Waals surface area contributed by atoms with Crippen molar-refractivity contribution in [3.63, 3.8) is 0 Å². The number of aromatic nitrogens is 1. The van der Waals surface area contributed by atoms with E-state index in [1.54, 1.807) is 19.2 Å². The number of pyridine rings is 1. The molecule has 0 aliphatic rings. The van der Waals surface area contributed by atoms with Gasteiger partial charge in [-0.05, 0) is 50.1 Å². The van der Waals surface area contributed by atoms with Crippen molar-refractivity contribution < 1.29 is 14.0 Å². The highest BCUT2D eigenvalue weighted by Crippen LogP contribution is 2.38. The topological polar surface area (TPSA) is 63.2 Å². The number of anilines is 2. The molecule has 0 saturated carbocycles. The third kappa shape index (κ3) is 3.47. The van der Waals surface area contributed by atoms with Crippen LogP contribution in [0.1, 0.15) is 28.4 Å². The minimum Gasteiger partial charge on any atom is -0.344 e. The predicted molar refractivity (Wildman–Crippen MR) is 97.9 cm³/mol. The lowest BCUT2D eigenvalue weighted by Gasteiger charge is -2.10. The second-order valence-corrected chi connectivity index (χ2v) is 6.59. The van der Waals surface area contributed by atoms with Crippen LogP contribution in [0, 0.1) is 19.7 Å². The molecule has 2 aromatic heterocycles. The van der Waals surface area contributed by atoms with Gasteiger partial charge < -0.3 is 5.32 Å². The summed E-state index contributed by atoms with van der Waals surface area (Å²) in [5.74, 6) is -0.766. The molecule has 130 valence electrons. The maximum Gasteiger partial charge on any atom is 0.278 e. The van der Waals surface area contributed by atoms with E-state index < -0.39 is 0 Å². The van der Waals surface area contributed by atoms with E-state index in [2.05, 4.69) is 15.8 Å². The molecule has 7 heteroatoms. The maximum absolute atomic E-state index is 14.2. The monoisotopic (exact) mass is 359 g/mol. The Morgan fingerprint density at radius 2 is 2.12 bits per heavy atom. The molecule has 0 atom stereocenters. The van der Waals surface area contributed by atoms with E-state index in [4.69, 9.17) is 4.84 Å². The lowest BCUT2D eigenvalue weighted by atomic mass is 10.1. The largest absolute Gasteiger partial charge is 0.344 e. The average molecular weight is 359 g/mol. The Hall–Kier alpha value is -2.51. The zero-order chi connectivity index (χ0) is 18.0. The van der Waals surface area contributed by atoms with Gasteiger partial charge in [0.25, 0.3) is 5.91 Å². The van der Waals surface area contributed by atoms with Gasteiger partial charge >= 0.3 is 0 Å². The van der Waals surface area contributed by atoms with E-state index in [0.29, 0.717) is 27.7 Å². The molecule has 3 aromatic rings. The molecule has 25 heavy (non-hydrogen) atoms. The molecule has 0 radical (unpaired) electrons. The summed E-state index contributed by atoms with van der Waals surface area (Å²) in [6.07, 6.45) is 1.69. The minimum absolute atomic E-state index is 0.306. The first-order chi connectivity index (χ1) is 12.0. The van der Waals surface area contributed by atoms with Crippen molar-refractivity contribution in [2.75, 3.05) is 11.9 Å². The fourth-order valence-electron chi connectivity index (χ4n) is 2.51. The second kappa shape index (κ2) is 7.16. The first-order valence-corrected chi connectivity index (χ1v) is 8.66. The van der Waals surface area contributed by atoms with Crippen LogP contribution in [0.15, 0.2) is 30.5 Å². The number of hydrogen-bond acceptors (Lipinski definition) is 5. The van der Waals surface area contributed by atoms with Crippen LogP contribution in [-0.4, -0.2) is 17.5 Å². The summed E-state index contributed by atoms with van der Waals surface area (Å²) in [6, 6.07) is 6.74. The number of hydroxylamine groups is 1. The molecule has 0 fully saturated rings. The number of aryl methyl sites for hydroxylation is 2. The molecule has 0 saturated heterocycles. The number of fused-ring (bicyclic) bond motifs is 1. The summed E-state index contributed by atoms with van der Waals surface area (Å²) in [4.78, 5) is 22.7. The minimum atomic E-state index is -0.390. The summed E-state index contributed by atoms with van der Waals surface area (Å²) >= 11 is 1.30. The number of amides is 1. The normalized spacial score (nSPS) is 10.9. The van der Waals surface area contributed by atoms with E-state index in [9.17, 15) is 9.18 Å². The van der Waals surface area contributed by atoms with Gasteiger partial charge in [0.2, 0.25) is 0 Å². The second-order valence-electron chi connectivity index (χ2n) is 5.59. The van der Waals surface area contributed by atoms with Crippen LogP contribution in [0.5, 0.6) is 0 Å². The Kier molecular flexibility index (Phi) is 4.96. The lowest BCUT2D eigenvalue weighted by molar-refractivity contribution is 0.0367. The number of nitrogens with zero attached hydrogens (tertiary/aromatic N) is 1. The van der Waals surface area contributed by atoms with E-state index in [-0.39, 0.29) is 11.7 Å². The molecule has 3 rings (SSSR count). The molecule has 0 bridgehead atoms. The summed E-state index contributed by atoms with van der Waals surface area (Å²) in [6.45, 7) is 5.85. The zero-order valence-electron chi connectivity index (χ0n) is 14.1. The van der Waals surface area contributed by atoms with Gasteiger partial charge in [0, 0.05) is 11.6 Å². The van der Waals surface area contributed by atoms with E-state index >= 15 is 0 Å². The number of benzene rings is 1. The van der Waals surface area contributed by atoms with Gasteiger partial charge in [-0.2, -0.15) is 0 Å². The molecule has 2 N–H and O–H groups in total. The van der Waals surface area contributed by atoms with Crippen molar-refractivity contribution in [1.29, 1.82) is 0 Å². The van der Waals surface area contributed by atoms with Crippen molar-refractivity contribution in [2.24, 2.45) is 0 Å². The van der Waals surface area contributed by atoms with Gasteiger partial charge in [-0.15, -0.1) is 0 Å².